The maximum atomic E-state index is 12.8. The van der Waals surface area contributed by atoms with Crippen LogP contribution in [0.5, 0.6) is 0 Å². The first-order valence-electron chi connectivity index (χ1n) is 7.95. The minimum Gasteiger partial charge on any atom is -0.351 e. The molecule has 1 aliphatic rings. The summed E-state index contributed by atoms with van der Waals surface area (Å²) in [5, 5.41) is 0. The fourth-order valence-electron chi connectivity index (χ4n) is 2.71. The van der Waals surface area contributed by atoms with Crippen LogP contribution in [0.25, 0.3) is 5.70 Å². The summed E-state index contributed by atoms with van der Waals surface area (Å²) in [5.74, 6) is 0. The summed E-state index contributed by atoms with van der Waals surface area (Å²) in [6, 6.07) is 7.83. The zero-order valence-corrected chi connectivity index (χ0v) is 16.8. The normalized spacial score (nSPS) is 20.1. The molecule has 1 aliphatic heterocycles. The summed E-state index contributed by atoms with van der Waals surface area (Å²) in [4.78, 5) is 20.2. The van der Waals surface area contributed by atoms with Crippen LogP contribution in [-0.2, 0) is 4.74 Å². The second-order valence-corrected chi connectivity index (χ2v) is 7.52. The molecule has 0 aliphatic carbocycles. The highest BCUT2D eigenvalue weighted by Gasteiger charge is 2.42. The lowest BCUT2D eigenvalue weighted by molar-refractivity contribution is -0.0630. The van der Waals surface area contributed by atoms with Gasteiger partial charge in [0.25, 0.3) is 0 Å². The van der Waals surface area contributed by atoms with E-state index in [0.717, 1.165) is 15.6 Å². The quantitative estimate of drug-likeness (QED) is 0.520. The Kier molecular flexibility index (Phi) is 6.03. The molecule has 5 nitrogen and oxygen atoms in total. The van der Waals surface area contributed by atoms with Crippen molar-refractivity contribution in [1.29, 1.82) is 0 Å². The summed E-state index contributed by atoms with van der Waals surface area (Å²) in [6.45, 7) is 10.1. The monoisotopic (exact) mass is 441 g/mol. The maximum absolute atomic E-state index is 12.8. The summed E-state index contributed by atoms with van der Waals surface area (Å²) in [7, 11) is 1.73. The van der Waals surface area contributed by atoms with E-state index in [1.807, 2.05) is 38.1 Å². The van der Waals surface area contributed by atoms with Gasteiger partial charge in [-0.25, -0.2) is 4.79 Å². The van der Waals surface area contributed by atoms with Gasteiger partial charge in [-0.3, -0.25) is 9.89 Å². The Morgan fingerprint density at radius 2 is 2.12 bits per heavy atom. The molecule has 1 unspecified atom stereocenters. The maximum Gasteiger partial charge on any atom is 0.326 e. The number of halogens is 1. The van der Waals surface area contributed by atoms with Gasteiger partial charge in [-0.05, 0) is 61.7 Å². The van der Waals surface area contributed by atoms with Crippen LogP contribution in [0.2, 0.25) is 0 Å². The van der Waals surface area contributed by atoms with E-state index in [9.17, 15) is 4.79 Å². The predicted molar refractivity (Wildman–Crippen MR) is 106 cm³/mol. The number of benzene rings is 1. The molecule has 6 heteroatoms. The molecule has 1 fully saturated rings. The molecule has 2 rings (SSSR count). The molecule has 1 saturated heterocycles. The minimum atomic E-state index is -0.607. The van der Waals surface area contributed by atoms with Crippen molar-refractivity contribution in [2.24, 2.45) is 4.99 Å². The summed E-state index contributed by atoms with van der Waals surface area (Å²) >= 11 is 2.25. The number of carbonyl (C=O) groups is 1. The van der Waals surface area contributed by atoms with Gasteiger partial charge in [0.1, 0.15) is 5.72 Å². The van der Waals surface area contributed by atoms with Crippen LogP contribution in [0.3, 0.4) is 0 Å². The van der Waals surface area contributed by atoms with Gasteiger partial charge >= 0.3 is 6.03 Å². The van der Waals surface area contributed by atoms with Gasteiger partial charge in [0.2, 0.25) is 0 Å². The van der Waals surface area contributed by atoms with Crippen LogP contribution in [0, 0.1) is 3.57 Å². The van der Waals surface area contributed by atoms with E-state index in [4.69, 9.17) is 4.74 Å². The number of nitrogens with zero attached hydrogens (tertiary/aromatic N) is 3. The largest absolute Gasteiger partial charge is 0.351 e. The molecule has 1 aromatic rings. The number of amides is 2. The molecule has 2 amide bonds. The van der Waals surface area contributed by atoms with Crippen molar-refractivity contribution < 1.29 is 9.53 Å². The number of hydrogen-bond acceptors (Lipinski definition) is 3. The van der Waals surface area contributed by atoms with Crippen LogP contribution in [0.1, 0.15) is 32.8 Å². The molecule has 24 heavy (non-hydrogen) atoms. The van der Waals surface area contributed by atoms with Crippen molar-refractivity contribution in [2.45, 2.75) is 39.0 Å². The molecule has 1 aromatic carbocycles. The van der Waals surface area contributed by atoms with Gasteiger partial charge in [0.15, 0.2) is 0 Å². The first kappa shape index (κ1) is 18.9. The van der Waals surface area contributed by atoms with Gasteiger partial charge in [-0.15, -0.1) is 0 Å². The second-order valence-electron chi connectivity index (χ2n) is 6.28. The van der Waals surface area contributed by atoms with Gasteiger partial charge in [0, 0.05) is 22.4 Å². The molecule has 130 valence electrons. The van der Waals surface area contributed by atoms with E-state index >= 15 is 0 Å². The Morgan fingerprint density at radius 1 is 1.50 bits per heavy atom. The van der Waals surface area contributed by atoms with Gasteiger partial charge in [-0.2, -0.15) is 0 Å². The number of aliphatic imine (C=N–C) groups is 1. The molecule has 0 N–H and O–H groups in total. The van der Waals surface area contributed by atoms with Crippen molar-refractivity contribution in [2.75, 3.05) is 13.6 Å². The Hall–Kier alpha value is -1.41. The van der Waals surface area contributed by atoms with Crippen molar-refractivity contribution in [1.82, 2.24) is 9.80 Å². The smallest absolute Gasteiger partial charge is 0.326 e. The molecule has 0 spiro atoms. The van der Waals surface area contributed by atoms with Crippen molar-refractivity contribution in [3.8, 4) is 0 Å². The number of urea groups is 1. The Balaban J connectivity index is 2.20. The third-order valence-electron chi connectivity index (χ3n) is 4.11. The Morgan fingerprint density at radius 3 is 2.62 bits per heavy atom. The minimum absolute atomic E-state index is 0.0783. The van der Waals surface area contributed by atoms with E-state index in [1.165, 1.54) is 0 Å². The van der Waals surface area contributed by atoms with E-state index < -0.39 is 5.72 Å². The zero-order valence-electron chi connectivity index (χ0n) is 14.6. The van der Waals surface area contributed by atoms with E-state index in [-0.39, 0.29) is 12.1 Å². The molecule has 0 radical (unpaired) electrons. The second kappa shape index (κ2) is 7.65. The van der Waals surface area contributed by atoms with Crippen LogP contribution in [0.4, 0.5) is 4.79 Å². The third-order valence-corrected chi connectivity index (χ3v) is 4.82. The van der Waals surface area contributed by atoms with Crippen molar-refractivity contribution in [3.63, 3.8) is 0 Å². The lowest BCUT2D eigenvalue weighted by atomic mass is 10.2. The Bertz CT molecular complexity index is 640. The third kappa shape index (κ3) is 4.16. The summed E-state index contributed by atoms with van der Waals surface area (Å²) in [5.41, 5.74) is 0.977. The number of rotatable bonds is 4. The highest BCUT2D eigenvalue weighted by molar-refractivity contribution is 14.1. The van der Waals surface area contributed by atoms with Gasteiger partial charge in [-0.1, -0.05) is 19.1 Å². The molecule has 0 bridgehead atoms. The molecule has 1 atom stereocenters. The highest BCUT2D eigenvalue weighted by Crippen LogP contribution is 2.29. The first-order valence-corrected chi connectivity index (χ1v) is 9.03. The fraction of sp³-hybridized carbons (Fsp3) is 0.444. The fourth-order valence-corrected chi connectivity index (χ4v) is 3.07. The molecule has 0 aromatic heterocycles. The molecular weight excluding hydrogens is 417 g/mol. The van der Waals surface area contributed by atoms with Crippen LogP contribution < -0.4 is 0 Å². The zero-order chi connectivity index (χ0) is 17.9. The molecule has 1 heterocycles. The average molecular weight is 441 g/mol. The van der Waals surface area contributed by atoms with E-state index in [0.29, 0.717) is 12.2 Å². The Labute approximate surface area is 157 Å². The lowest BCUT2D eigenvalue weighted by Crippen LogP contribution is -2.47. The highest BCUT2D eigenvalue weighted by atomic mass is 127. The standard InChI is InChI=1S/C18H24IN3O2/c1-6-15-11-22(18(2,3)24-15)17(23)21(5)12-16(20-4)13-7-9-14(19)10-8-13/h7-10,12,15H,4,6,11H2,1-3,5H3/b16-12-. The SMILES string of the molecule is C=N/C(=C\N(C)C(=O)N1CC(CC)OC1(C)C)c1ccc(I)cc1. The number of hydrogen-bond donors (Lipinski definition) is 0. The average Bonchev–Trinajstić information content (AvgIpc) is 2.87. The van der Waals surface area contributed by atoms with Crippen molar-refractivity contribution >= 4 is 41.0 Å². The number of ether oxygens (including phenoxy) is 1. The molecule has 0 saturated carbocycles. The van der Waals surface area contributed by atoms with E-state index in [2.05, 4.69) is 41.2 Å². The van der Waals surface area contributed by atoms with Crippen LogP contribution >= 0.6 is 22.6 Å². The summed E-state index contributed by atoms with van der Waals surface area (Å²) < 4.78 is 7.08. The topological polar surface area (TPSA) is 45.1 Å². The first-order chi connectivity index (χ1) is 11.3. The van der Waals surface area contributed by atoms with Crippen LogP contribution in [-0.4, -0.2) is 48.0 Å². The summed E-state index contributed by atoms with van der Waals surface area (Å²) in [6.07, 6.45) is 2.68. The molecular formula is C18H24IN3O2. The van der Waals surface area contributed by atoms with Crippen molar-refractivity contribution in [3.05, 3.63) is 39.6 Å². The van der Waals surface area contributed by atoms with Gasteiger partial charge < -0.3 is 9.64 Å². The lowest BCUT2D eigenvalue weighted by Gasteiger charge is -2.32. The number of carbonyl (C=O) groups excluding carboxylic acids is 1. The predicted octanol–water partition coefficient (Wildman–Crippen LogP) is 4.19. The van der Waals surface area contributed by atoms with E-state index in [1.54, 1.807) is 23.0 Å². The van der Waals surface area contributed by atoms with Gasteiger partial charge in [0.05, 0.1) is 18.3 Å². The van der Waals surface area contributed by atoms with Crippen LogP contribution in [0.15, 0.2) is 35.5 Å².